The van der Waals surface area contributed by atoms with E-state index in [0.717, 1.165) is 44.0 Å². The maximum Gasteiger partial charge on any atom is 0.142 e. The molecule has 0 aromatic heterocycles. The molecule has 1 saturated carbocycles. The first-order valence-corrected chi connectivity index (χ1v) is 9.57. The number of anilines is 1. The number of methoxy groups -OCH3 is 1. The molecule has 140 valence electrons. The first-order chi connectivity index (χ1) is 12.2. The lowest BCUT2D eigenvalue weighted by Gasteiger charge is -2.37. The molecule has 0 unspecified atom stereocenters. The third-order valence-electron chi connectivity index (χ3n) is 5.55. The molecule has 1 aromatic rings. The van der Waals surface area contributed by atoms with Crippen LogP contribution in [0.15, 0.2) is 24.3 Å². The molecule has 2 aliphatic rings. The number of aliphatic hydroxyl groups excluding tert-OH is 1. The zero-order valence-electron chi connectivity index (χ0n) is 15.6. The Hall–Kier alpha value is -1.30. The Balaban J connectivity index is 1.41. The van der Waals surface area contributed by atoms with Crippen LogP contribution in [0.2, 0.25) is 0 Å². The fourth-order valence-corrected chi connectivity index (χ4v) is 4.01. The number of aliphatic hydroxyl groups is 1. The summed E-state index contributed by atoms with van der Waals surface area (Å²) in [6, 6.07) is 8.17. The van der Waals surface area contributed by atoms with Gasteiger partial charge in [0, 0.05) is 32.7 Å². The van der Waals surface area contributed by atoms with Crippen molar-refractivity contribution in [1.82, 2.24) is 4.90 Å². The Morgan fingerprint density at radius 1 is 1.16 bits per heavy atom. The lowest BCUT2D eigenvalue weighted by Crippen LogP contribution is -2.49. The summed E-state index contributed by atoms with van der Waals surface area (Å²) in [5.41, 5.74) is 1.16. The Morgan fingerprint density at radius 3 is 2.60 bits per heavy atom. The highest BCUT2D eigenvalue weighted by Crippen LogP contribution is 2.29. The zero-order valence-corrected chi connectivity index (χ0v) is 15.6. The van der Waals surface area contributed by atoms with E-state index in [-0.39, 0.29) is 0 Å². The minimum atomic E-state index is -0.398. The van der Waals surface area contributed by atoms with E-state index in [1.165, 1.54) is 12.8 Å². The molecule has 3 atom stereocenters. The summed E-state index contributed by atoms with van der Waals surface area (Å²) in [4.78, 5) is 4.69. The summed E-state index contributed by atoms with van der Waals surface area (Å²) in [5.74, 6) is 1.56. The molecule has 1 aliphatic heterocycles. The van der Waals surface area contributed by atoms with E-state index in [0.29, 0.717) is 25.2 Å². The van der Waals surface area contributed by atoms with Crippen molar-refractivity contribution in [1.29, 1.82) is 0 Å². The third-order valence-corrected chi connectivity index (χ3v) is 5.55. The first-order valence-electron chi connectivity index (χ1n) is 9.57. The van der Waals surface area contributed by atoms with Crippen LogP contribution in [-0.4, -0.2) is 68.7 Å². The van der Waals surface area contributed by atoms with Crippen molar-refractivity contribution in [2.24, 2.45) is 5.92 Å². The lowest BCUT2D eigenvalue weighted by atomic mass is 10.1. The molecule has 0 bridgehead atoms. The van der Waals surface area contributed by atoms with Crippen molar-refractivity contribution in [3.63, 3.8) is 0 Å². The van der Waals surface area contributed by atoms with Gasteiger partial charge in [0.05, 0.1) is 31.6 Å². The van der Waals surface area contributed by atoms with Crippen LogP contribution < -0.4 is 9.64 Å². The third kappa shape index (κ3) is 4.87. The number of piperazine rings is 1. The fraction of sp³-hybridized carbons (Fsp3) is 0.700. The van der Waals surface area contributed by atoms with E-state index < -0.39 is 6.10 Å². The van der Waals surface area contributed by atoms with Crippen LogP contribution in [0.1, 0.15) is 26.2 Å². The van der Waals surface area contributed by atoms with Gasteiger partial charge in [0.15, 0.2) is 0 Å². The quantitative estimate of drug-likeness (QED) is 0.820. The van der Waals surface area contributed by atoms with E-state index in [4.69, 9.17) is 9.47 Å². The van der Waals surface area contributed by atoms with Crippen molar-refractivity contribution >= 4 is 5.69 Å². The van der Waals surface area contributed by atoms with Gasteiger partial charge in [-0.25, -0.2) is 0 Å². The Morgan fingerprint density at radius 2 is 1.92 bits per heavy atom. The number of ether oxygens (including phenoxy) is 2. The largest absolute Gasteiger partial charge is 0.495 e. The second kappa shape index (κ2) is 8.88. The van der Waals surface area contributed by atoms with Gasteiger partial charge in [-0.05, 0) is 30.9 Å². The van der Waals surface area contributed by atoms with Gasteiger partial charge in [0.25, 0.3) is 0 Å². The molecule has 0 radical (unpaired) electrons. The smallest absolute Gasteiger partial charge is 0.142 e. The van der Waals surface area contributed by atoms with Crippen LogP contribution >= 0.6 is 0 Å². The molecule has 1 aliphatic carbocycles. The molecule has 1 aromatic carbocycles. The van der Waals surface area contributed by atoms with Crippen LogP contribution in [0.3, 0.4) is 0 Å². The van der Waals surface area contributed by atoms with E-state index in [1.54, 1.807) is 7.11 Å². The Bertz CT molecular complexity index is 531. The molecule has 0 amide bonds. The number of nitrogens with zero attached hydrogens (tertiary/aromatic N) is 2. The second-order valence-electron chi connectivity index (χ2n) is 7.39. The topological polar surface area (TPSA) is 45.2 Å². The van der Waals surface area contributed by atoms with Gasteiger partial charge in [-0.1, -0.05) is 25.5 Å². The monoisotopic (exact) mass is 348 g/mol. The van der Waals surface area contributed by atoms with E-state index in [2.05, 4.69) is 28.9 Å². The van der Waals surface area contributed by atoms with Gasteiger partial charge in [0.1, 0.15) is 5.75 Å². The first kappa shape index (κ1) is 18.5. The maximum absolute atomic E-state index is 10.3. The molecule has 0 spiro atoms. The average molecular weight is 348 g/mol. The average Bonchev–Trinajstić information content (AvgIpc) is 3.05. The summed E-state index contributed by atoms with van der Waals surface area (Å²) >= 11 is 0. The van der Waals surface area contributed by atoms with Crippen molar-refractivity contribution in [3.8, 4) is 5.75 Å². The summed E-state index contributed by atoms with van der Waals surface area (Å²) in [7, 11) is 1.72. The van der Waals surface area contributed by atoms with Crippen LogP contribution in [-0.2, 0) is 4.74 Å². The van der Waals surface area contributed by atoms with Crippen LogP contribution in [0, 0.1) is 5.92 Å². The molecular formula is C20H32N2O3. The van der Waals surface area contributed by atoms with Gasteiger partial charge < -0.3 is 19.5 Å². The minimum absolute atomic E-state index is 0.344. The predicted molar refractivity (Wildman–Crippen MR) is 100 cm³/mol. The lowest BCUT2D eigenvalue weighted by molar-refractivity contribution is -0.0321. The minimum Gasteiger partial charge on any atom is -0.495 e. The van der Waals surface area contributed by atoms with Gasteiger partial charge in [-0.15, -0.1) is 0 Å². The Kier molecular flexibility index (Phi) is 6.57. The zero-order chi connectivity index (χ0) is 17.6. The van der Waals surface area contributed by atoms with Crippen molar-refractivity contribution < 1.29 is 14.6 Å². The predicted octanol–water partition coefficient (Wildman–Crippen LogP) is 2.38. The maximum atomic E-state index is 10.3. The molecule has 3 rings (SSSR count). The molecular weight excluding hydrogens is 316 g/mol. The van der Waals surface area contributed by atoms with E-state index >= 15 is 0 Å². The molecule has 25 heavy (non-hydrogen) atoms. The fourth-order valence-electron chi connectivity index (χ4n) is 4.01. The standard InChI is InChI=1S/C20H32N2O3/c1-16-6-5-9-19(16)25-15-17(23)14-21-10-12-22(13-11-21)18-7-3-4-8-20(18)24-2/h3-4,7-8,16-17,19,23H,5-6,9-15H2,1-2H3/t16-,17-,19+/m0/s1. The van der Waals surface area contributed by atoms with Crippen LogP contribution in [0.4, 0.5) is 5.69 Å². The van der Waals surface area contributed by atoms with E-state index in [9.17, 15) is 5.11 Å². The van der Waals surface area contributed by atoms with Gasteiger partial charge >= 0.3 is 0 Å². The summed E-state index contributed by atoms with van der Waals surface area (Å²) in [5, 5.41) is 10.3. The van der Waals surface area contributed by atoms with Crippen molar-refractivity contribution in [2.45, 2.75) is 38.4 Å². The van der Waals surface area contributed by atoms with Gasteiger partial charge in [-0.3, -0.25) is 4.90 Å². The molecule has 5 heteroatoms. The molecule has 1 saturated heterocycles. The molecule has 1 heterocycles. The van der Waals surface area contributed by atoms with Gasteiger partial charge in [0.2, 0.25) is 0 Å². The van der Waals surface area contributed by atoms with Crippen molar-refractivity contribution in [3.05, 3.63) is 24.3 Å². The SMILES string of the molecule is COc1ccccc1N1CCN(C[C@H](O)CO[C@@H]2CCC[C@@H]2C)CC1. The Labute approximate surface area is 151 Å². The molecule has 2 fully saturated rings. The van der Waals surface area contributed by atoms with Gasteiger partial charge in [-0.2, -0.15) is 0 Å². The normalized spacial score (nSPS) is 26.0. The van der Waals surface area contributed by atoms with Crippen molar-refractivity contribution in [2.75, 3.05) is 51.3 Å². The highest BCUT2D eigenvalue weighted by atomic mass is 16.5. The summed E-state index contributed by atoms with van der Waals surface area (Å²) < 4.78 is 11.4. The summed E-state index contributed by atoms with van der Waals surface area (Å²) in [6.07, 6.45) is 3.60. The van der Waals surface area contributed by atoms with Crippen LogP contribution in [0.5, 0.6) is 5.75 Å². The summed E-state index contributed by atoms with van der Waals surface area (Å²) in [6.45, 7) is 7.22. The highest BCUT2D eigenvalue weighted by molar-refractivity contribution is 5.58. The number of para-hydroxylation sites is 2. The number of hydrogen-bond acceptors (Lipinski definition) is 5. The van der Waals surface area contributed by atoms with Crippen LogP contribution in [0.25, 0.3) is 0 Å². The number of β-amino-alcohol motifs (C(OH)–C–C–N with tert-alkyl or cyclic N) is 1. The second-order valence-corrected chi connectivity index (χ2v) is 7.39. The molecule has 1 N–H and O–H groups in total. The number of rotatable bonds is 7. The molecule has 5 nitrogen and oxygen atoms in total. The number of hydrogen-bond donors (Lipinski definition) is 1. The van der Waals surface area contributed by atoms with E-state index in [1.807, 2.05) is 12.1 Å². The highest BCUT2D eigenvalue weighted by Gasteiger charge is 2.26. The number of benzene rings is 1.